The molecule has 3 nitrogen and oxygen atoms in total. The molecule has 5 heteroatoms. The van der Waals surface area contributed by atoms with Crippen molar-refractivity contribution >= 4 is 11.4 Å². The predicted octanol–water partition coefficient (Wildman–Crippen LogP) is 2.16. The number of methoxy groups -OCH3 is 1. The number of nitrogens with zero attached hydrogens (tertiary/aromatic N) is 1. The first-order valence-corrected chi connectivity index (χ1v) is 5.64. The number of nitrogens with two attached hydrogens (primary N) is 1. The molecule has 0 bridgehead atoms. The van der Waals surface area contributed by atoms with E-state index in [1.54, 1.807) is 12.0 Å². The van der Waals surface area contributed by atoms with Crippen molar-refractivity contribution < 1.29 is 13.5 Å². The van der Waals surface area contributed by atoms with Gasteiger partial charge in [-0.1, -0.05) is 0 Å². The maximum absolute atomic E-state index is 13.7. The van der Waals surface area contributed by atoms with E-state index in [4.69, 9.17) is 10.5 Å². The molecule has 2 rings (SSSR count). The lowest BCUT2D eigenvalue weighted by molar-refractivity contribution is 0.0892. The van der Waals surface area contributed by atoms with E-state index in [1.165, 1.54) is 6.07 Å². The van der Waals surface area contributed by atoms with Gasteiger partial charge in [0, 0.05) is 20.2 Å². The van der Waals surface area contributed by atoms with Crippen LogP contribution >= 0.6 is 0 Å². The van der Waals surface area contributed by atoms with E-state index < -0.39 is 11.6 Å². The highest BCUT2D eigenvalue weighted by Gasteiger charge is 2.24. The van der Waals surface area contributed by atoms with Crippen molar-refractivity contribution in [3.63, 3.8) is 0 Å². The molecule has 2 N–H and O–H groups in total. The molecule has 0 spiro atoms. The van der Waals surface area contributed by atoms with Crippen molar-refractivity contribution in [2.75, 3.05) is 30.8 Å². The lowest BCUT2D eigenvalue weighted by atomic mass is 10.1. The van der Waals surface area contributed by atoms with Crippen LogP contribution in [0.3, 0.4) is 0 Å². The van der Waals surface area contributed by atoms with Gasteiger partial charge in [-0.05, 0) is 25.0 Å². The predicted molar refractivity (Wildman–Crippen MR) is 63.0 cm³/mol. The van der Waals surface area contributed by atoms with Gasteiger partial charge in [-0.15, -0.1) is 0 Å². The maximum atomic E-state index is 13.7. The molecule has 1 aliphatic rings. The molecule has 1 aliphatic heterocycles. The number of ether oxygens (including phenoxy) is 1. The van der Waals surface area contributed by atoms with Gasteiger partial charge in [0.05, 0.1) is 17.5 Å². The second kappa shape index (κ2) is 4.87. The van der Waals surface area contributed by atoms with Gasteiger partial charge in [0.2, 0.25) is 0 Å². The summed E-state index contributed by atoms with van der Waals surface area (Å²) >= 11 is 0. The van der Waals surface area contributed by atoms with Gasteiger partial charge in [-0.3, -0.25) is 0 Å². The van der Waals surface area contributed by atoms with Crippen LogP contribution in [0.15, 0.2) is 12.1 Å². The molecule has 1 aromatic rings. The topological polar surface area (TPSA) is 38.5 Å². The molecule has 1 aromatic carbocycles. The fourth-order valence-corrected chi connectivity index (χ4v) is 2.21. The quantitative estimate of drug-likeness (QED) is 0.808. The number of rotatable bonds is 2. The van der Waals surface area contributed by atoms with Gasteiger partial charge in [-0.25, -0.2) is 8.78 Å². The van der Waals surface area contributed by atoms with Crippen molar-refractivity contribution in [1.82, 2.24) is 0 Å². The minimum absolute atomic E-state index is 0.0471. The van der Waals surface area contributed by atoms with Crippen molar-refractivity contribution in [3.8, 4) is 0 Å². The fourth-order valence-electron chi connectivity index (χ4n) is 2.21. The average Bonchev–Trinajstić information content (AvgIpc) is 2.35. The van der Waals surface area contributed by atoms with E-state index in [0.717, 1.165) is 18.9 Å². The second-order valence-electron chi connectivity index (χ2n) is 4.25. The zero-order chi connectivity index (χ0) is 12.4. The van der Waals surface area contributed by atoms with Crippen LogP contribution in [0.1, 0.15) is 12.8 Å². The summed E-state index contributed by atoms with van der Waals surface area (Å²) in [4.78, 5) is 1.76. The van der Waals surface area contributed by atoms with Crippen LogP contribution in [0.5, 0.6) is 0 Å². The lowest BCUT2D eigenvalue weighted by Gasteiger charge is -2.34. The fraction of sp³-hybridized carbons (Fsp3) is 0.500. The summed E-state index contributed by atoms with van der Waals surface area (Å²) in [5, 5.41) is 0. The highest BCUT2D eigenvalue weighted by atomic mass is 19.2. The monoisotopic (exact) mass is 242 g/mol. The Morgan fingerprint density at radius 1 is 1.41 bits per heavy atom. The van der Waals surface area contributed by atoms with E-state index in [1.807, 2.05) is 0 Å². The first-order valence-electron chi connectivity index (χ1n) is 5.64. The molecule has 0 amide bonds. The van der Waals surface area contributed by atoms with E-state index >= 15 is 0 Å². The Morgan fingerprint density at radius 3 is 2.88 bits per heavy atom. The molecular weight excluding hydrogens is 226 g/mol. The number of piperidine rings is 1. The molecule has 1 fully saturated rings. The molecular formula is C12H16F2N2O. The second-order valence-corrected chi connectivity index (χ2v) is 4.25. The molecule has 0 saturated carbocycles. The molecule has 0 aliphatic carbocycles. The van der Waals surface area contributed by atoms with Crippen LogP contribution in [0.4, 0.5) is 20.2 Å². The Balaban J connectivity index is 2.30. The summed E-state index contributed by atoms with van der Waals surface area (Å²) in [7, 11) is 1.62. The summed E-state index contributed by atoms with van der Waals surface area (Å²) in [5.74, 6) is -1.74. The highest BCUT2D eigenvalue weighted by molar-refractivity contribution is 5.68. The lowest BCUT2D eigenvalue weighted by Crippen LogP contribution is -2.40. The molecule has 1 atom stereocenters. The highest BCUT2D eigenvalue weighted by Crippen LogP contribution is 2.31. The zero-order valence-electron chi connectivity index (χ0n) is 9.75. The molecule has 1 heterocycles. The number of anilines is 2. The van der Waals surface area contributed by atoms with Crippen LogP contribution in [0.25, 0.3) is 0 Å². The number of hydrogen-bond acceptors (Lipinski definition) is 3. The number of nitrogen functional groups attached to an aromatic ring is 1. The third kappa shape index (κ3) is 2.34. The first-order chi connectivity index (χ1) is 8.13. The van der Waals surface area contributed by atoms with Gasteiger partial charge in [0.1, 0.15) is 0 Å². The summed E-state index contributed by atoms with van der Waals surface area (Å²) < 4.78 is 32.2. The SMILES string of the molecule is COC1CCCN(c2c(N)ccc(F)c2F)C1. The smallest absolute Gasteiger partial charge is 0.184 e. The Bertz CT molecular complexity index is 412. The van der Waals surface area contributed by atoms with Crippen molar-refractivity contribution in [3.05, 3.63) is 23.8 Å². The van der Waals surface area contributed by atoms with Crippen LogP contribution < -0.4 is 10.6 Å². The maximum Gasteiger partial charge on any atom is 0.184 e. The van der Waals surface area contributed by atoms with Gasteiger partial charge < -0.3 is 15.4 Å². The minimum atomic E-state index is -0.873. The Hall–Kier alpha value is -1.36. The Morgan fingerprint density at radius 2 is 2.18 bits per heavy atom. The van der Waals surface area contributed by atoms with Gasteiger partial charge in [0.25, 0.3) is 0 Å². The van der Waals surface area contributed by atoms with Gasteiger partial charge in [-0.2, -0.15) is 0 Å². The van der Waals surface area contributed by atoms with Crippen LogP contribution in [-0.2, 0) is 4.74 Å². The van der Waals surface area contributed by atoms with Gasteiger partial charge in [0.15, 0.2) is 11.6 Å². The number of benzene rings is 1. The van der Waals surface area contributed by atoms with Crippen LogP contribution in [0.2, 0.25) is 0 Å². The van der Waals surface area contributed by atoms with E-state index in [9.17, 15) is 8.78 Å². The van der Waals surface area contributed by atoms with Crippen molar-refractivity contribution in [2.24, 2.45) is 0 Å². The molecule has 0 radical (unpaired) electrons. The normalized spacial score (nSPS) is 20.6. The Labute approximate surface area is 99.2 Å². The molecule has 17 heavy (non-hydrogen) atoms. The standard InChI is InChI=1S/C12H16F2N2O/c1-17-8-3-2-6-16(7-8)12-10(15)5-4-9(13)11(12)14/h4-5,8H,2-3,6-7,15H2,1H3. The number of hydrogen-bond donors (Lipinski definition) is 1. The van der Waals surface area contributed by atoms with Crippen molar-refractivity contribution in [2.45, 2.75) is 18.9 Å². The number of halogens is 2. The minimum Gasteiger partial charge on any atom is -0.397 e. The largest absolute Gasteiger partial charge is 0.397 e. The first kappa shape index (κ1) is 12.1. The third-order valence-corrected chi connectivity index (χ3v) is 3.13. The average molecular weight is 242 g/mol. The summed E-state index contributed by atoms with van der Waals surface area (Å²) in [6.45, 7) is 1.21. The molecule has 1 unspecified atom stereocenters. The van der Waals surface area contributed by atoms with Crippen LogP contribution in [0, 0.1) is 11.6 Å². The van der Waals surface area contributed by atoms with E-state index in [0.29, 0.717) is 13.1 Å². The van der Waals surface area contributed by atoms with E-state index in [2.05, 4.69) is 0 Å². The van der Waals surface area contributed by atoms with E-state index in [-0.39, 0.29) is 17.5 Å². The Kier molecular flexibility index (Phi) is 3.47. The summed E-state index contributed by atoms with van der Waals surface area (Å²) in [6, 6.07) is 2.44. The molecule has 1 saturated heterocycles. The summed E-state index contributed by atoms with van der Waals surface area (Å²) in [5.41, 5.74) is 6.14. The zero-order valence-corrected chi connectivity index (χ0v) is 9.75. The van der Waals surface area contributed by atoms with Crippen LogP contribution in [-0.4, -0.2) is 26.3 Å². The molecule has 0 aromatic heterocycles. The summed E-state index contributed by atoms with van der Waals surface area (Å²) in [6.07, 6.45) is 1.86. The third-order valence-electron chi connectivity index (χ3n) is 3.13. The molecule has 94 valence electrons. The van der Waals surface area contributed by atoms with Gasteiger partial charge >= 0.3 is 0 Å². The van der Waals surface area contributed by atoms with Crippen molar-refractivity contribution in [1.29, 1.82) is 0 Å².